The smallest absolute Gasteiger partial charge is 0.236 e. The van der Waals surface area contributed by atoms with Crippen LogP contribution in [0.1, 0.15) is 28.7 Å². The van der Waals surface area contributed by atoms with E-state index in [4.69, 9.17) is 9.15 Å². The fourth-order valence-electron chi connectivity index (χ4n) is 2.01. The van der Waals surface area contributed by atoms with Crippen molar-refractivity contribution >= 4 is 17.1 Å². The molecule has 3 aromatic rings. The van der Waals surface area contributed by atoms with Gasteiger partial charge in [0, 0.05) is 5.56 Å². The second kappa shape index (κ2) is 6.15. The summed E-state index contributed by atoms with van der Waals surface area (Å²) in [6.45, 7) is 3.75. The Kier molecular flexibility index (Phi) is 4.06. The Bertz CT molecular complexity index is 773. The van der Waals surface area contributed by atoms with Crippen molar-refractivity contribution in [3.05, 3.63) is 58.8 Å². The monoisotopic (exact) mass is 313 g/mol. The summed E-state index contributed by atoms with van der Waals surface area (Å²) in [7, 11) is 0. The van der Waals surface area contributed by atoms with Crippen molar-refractivity contribution in [1.82, 2.24) is 4.98 Å². The van der Waals surface area contributed by atoms with Gasteiger partial charge in [-0.1, -0.05) is 6.07 Å². The molecule has 0 saturated heterocycles. The zero-order chi connectivity index (χ0) is 15.5. The van der Waals surface area contributed by atoms with Gasteiger partial charge in [0.15, 0.2) is 5.78 Å². The highest BCUT2D eigenvalue weighted by atomic mass is 32.1. The minimum atomic E-state index is 0.0412. The van der Waals surface area contributed by atoms with Gasteiger partial charge < -0.3 is 9.15 Å². The first kappa shape index (κ1) is 14.5. The number of hydrogen-bond acceptors (Lipinski definition) is 5. The molecule has 2 heterocycles. The van der Waals surface area contributed by atoms with Crippen molar-refractivity contribution < 1.29 is 13.9 Å². The van der Waals surface area contributed by atoms with Crippen LogP contribution in [0, 0.1) is 6.92 Å². The van der Waals surface area contributed by atoms with Gasteiger partial charge in [0.1, 0.15) is 23.8 Å². The first-order chi connectivity index (χ1) is 10.6. The van der Waals surface area contributed by atoms with Gasteiger partial charge in [0.2, 0.25) is 5.89 Å². The first-order valence-electron chi connectivity index (χ1n) is 6.87. The highest BCUT2D eigenvalue weighted by molar-refractivity contribution is 7.13. The van der Waals surface area contributed by atoms with Gasteiger partial charge in [0.05, 0.1) is 4.88 Å². The molecule has 3 rings (SSSR count). The lowest BCUT2D eigenvalue weighted by atomic mass is 10.1. The van der Waals surface area contributed by atoms with Crippen molar-refractivity contribution in [2.75, 3.05) is 0 Å². The number of carbonyl (C=O) groups excluding carboxylic acids is 1. The van der Waals surface area contributed by atoms with Crippen molar-refractivity contribution in [3.63, 3.8) is 0 Å². The normalized spacial score (nSPS) is 10.6. The summed E-state index contributed by atoms with van der Waals surface area (Å²) in [5.41, 5.74) is 1.45. The average molecular weight is 313 g/mol. The molecule has 0 atom stereocenters. The van der Waals surface area contributed by atoms with Crippen molar-refractivity contribution in [3.8, 4) is 16.5 Å². The SMILES string of the molecule is CC(=O)c1ccc(OCc2nc(-c3cccs3)oc2C)cc1. The summed E-state index contributed by atoms with van der Waals surface area (Å²) in [5.74, 6) is 2.12. The van der Waals surface area contributed by atoms with Crippen LogP contribution in [-0.4, -0.2) is 10.8 Å². The van der Waals surface area contributed by atoms with Gasteiger partial charge in [-0.3, -0.25) is 4.79 Å². The van der Waals surface area contributed by atoms with Gasteiger partial charge >= 0.3 is 0 Å². The molecule has 0 radical (unpaired) electrons. The molecule has 112 valence electrons. The molecule has 5 heteroatoms. The summed E-state index contributed by atoms with van der Waals surface area (Å²) >= 11 is 1.59. The van der Waals surface area contributed by atoms with E-state index in [1.165, 1.54) is 0 Å². The predicted molar refractivity (Wildman–Crippen MR) is 85.3 cm³/mol. The maximum Gasteiger partial charge on any atom is 0.236 e. The highest BCUT2D eigenvalue weighted by Gasteiger charge is 2.12. The zero-order valence-corrected chi connectivity index (χ0v) is 13.1. The van der Waals surface area contributed by atoms with Crippen molar-refractivity contribution in [2.24, 2.45) is 0 Å². The number of hydrogen-bond donors (Lipinski definition) is 0. The van der Waals surface area contributed by atoms with Crippen LogP contribution in [0.25, 0.3) is 10.8 Å². The van der Waals surface area contributed by atoms with Crippen LogP contribution in [0.5, 0.6) is 5.75 Å². The van der Waals surface area contributed by atoms with E-state index in [0.717, 1.165) is 16.3 Å². The third-order valence-electron chi connectivity index (χ3n) is 3.26. The molecular formula is C17H15NO3S. The second-order valence-electron chi connectivity index (χ2n) is 4.87. The fraction of sp³-hybridized carbons (Fsp3) is 0.176. The lowest BCUT2D eigenvalue weighted by Gasteiger charge is -2.04. The molecule has 0 bridgehead atoms. The summed E-state index contributed by atoms with van der Waals surface area (Å²) in [4.78, 5) is 16.7. The van der Waals surface area contributed by atoms with Crippen LogP contribution in [0.15, 0.2) is 46.2 Å². The third kappa shape index (κ3) is 3.09. The van der Waals surface area contributed by atoms with E-state index in [2.05, 4.69) is 4.98 Å². The molecule has 0 spiro atoms. The van der Waals surface area contributed by atoms with Crippen LogP contribution >= 0.6 is 11.3 Å². The van der Waals surface area contributed by atoms with E-state index in [-0.39, 0.29) is 5.78 Å². The lowest BCUT2D eigenvalue weighted by Crippen LogP contribution is -1.98. The second-order valence-corrected chi connectivity index (χ2v) is 5.82. The maximum absolute atomic E-state index is 11.2. The molecule has 0 amide bonds. The molecule has 4 nitrogen and oxygen atoms in total. The van der Waals surface area contributed by atoms with Gasteiger partial charge in [-0.05, 0) is 49.6 Å². The number of ketones is 1. The molecule has 0 saturated carbocycles. The minimum absolute atomic E-state index is 0.0412. The van der Waals surface area contributed by atoms with E-state index in [1.807, 2.05) is 24.4 Å². The summed E-state index contributed by atoms with van der Waals surface area (Å²) < 4.78 is 11.4. The molecule has 0 fully saturated rings. The number of oxazole rings is 1. The number of nitrogens with zero attached hydrogens (tertiary/aromatic N) is 1. The lowest BCUT2D eigenvalue weighted by molar-refractivity contribution is 0.101. The van der Waals surface area contributed by atoms with Gasteiger partial charge in [-0.15, -0.1) is 11.3 Å². The van der Waals surface area contributed by atoms with Crippen molar-refractivity contribution in [2.45, 2.75) is 20.5 Å². The van der Waals surface area contributed by atoms with Crippen LogP contribution in [0.4, 0.5) is 0 Å². The highest BCUT2D eigenvalue weighted by Crippen LogP contribution is 2.26. The topological polar surface area (TPSA) is 52.3 Å². The Balaban J connectivity index is 1.70. The van der Waals surface area contributed by atoms with E-state index in [0.29, 0.717) is 23.8 Å². The van der Waals surface area contributed by atoms with Gasteiger partial charge in [-0.25, -0.2) is 4.98 Å². The van der Waals surface area contributed by atoms with E-state index in [1.54, 1.807) is 42.5 Å². The summed E-state index contributed by atoms with van der Waals surface area (Å²) in [6.07, 6.45) is 0. The summed E-state index contributed by atoms with van der Waals surface area (Å²) in [5, 5.41) is 1.99. The quantitative estimate of drug-likeness (QED) is 0.651. The third-order valence-corrected chi connectivity index (χ3v) is 4.12. The standard InChI is InChI=1S/C17H15NO3S/c1-11(19)13-5-7-14(8-6-13)20-10-15-12(2)21-17(18-15)16-4-3-9-22-16/h3-9H,10H2,1-2H3. The Morgan fingerprint density at radius 3 is 2.68 bits per heavy atom. The molecule has 2 aromatic heterocycles. The minimum Gasteiger partial charge on any atom is -0.487 e. The largest absolute Gasteiger partial charge is 0.487 e. The number of rotatable bonds is 5. The predicted octanol–water partition coefficient (Wildman–Crippen LogP) is 4.49. The molecule has 22 heavy (non-hydrogen) atoms. The number of carbonyl (C=O) groups is 1. The van der Waals surface area contributed by atoms with Gasteiger partial charge in [-0.2, -0.15) is 0 Å². The number of ether oxygens (including phenoxy) is 1. The van der Waals surface area contributed by atoms with Crippen LogP contribution in [-0.2, 0) is 6.61 Å². The Morgan fingerprint density at radius 1 is 1.27 bits per heavy atom. The molecule has 0 unspecified atom stereocenters. The molecule has 0 aliphatic carbocycles. The molecular weight excluding hydrogens is 298 g/mol. The molecule has 0 aliphatic rings. The van der Waals surface area contributed by atoms with Crippen LogP contribution in [0.2, 0.25) is 0 Å². The van der Waals surface area contributed by atoms with E-state index < -0.39 is 0 Å². The number of aryl methyl sites for hydroxylation is 1. The van der Waals surface area contributed by atoms with E-state index >= 15 is 0 Å². The zero-order valence-electron chi connectivity index (χ0n) is 12.3. The molecule has 0 aliphatic heterocycles. The fourth-order valence-corrected chi connectivity index (χ4v) is 2.65. The number of thiophene rings is 1. The van der Waals surface area contributed by atoms with Crippen molar-refractivity contribution in [1.29, 1.82) is 0 Å². The van der Waals surface area contributed by atoms with Crippen LogP contribution < -0.4 is 4.74 Å². The maximum atomic E-state index is 11.2. The first-order valence-corrected chi connectivity index (χ1v) is 7.75. The summed E-state index contributed by atoms with van der Waals surface area (Å²) in [6, 6.07) is 11.0. The van der Waals surface area contributed by atoms with E-state index in [9.17, 15) is 4.79 Å². The number of benzene rings is 1. The Morgan fingerprint density at radius 2 is 2.05 bits per heavy atom. The molecule has 1 aromatic carbocycles. The number of Topliss-reactive ketones (excluding diaryl/α,β-unsaturated/α-hetero) is 1. The Hall–Kier alpha value is -2.40. The number of aromatic nitrogens is 1. The molecule has 0 N–H and O–H groups in total. The Labute approximate surface area is 132 Å². The van der Waals surface area contributed by atoms with Crippen LogP contribution in [0.3, 0.4) is 0 Å². The van der Waals surface area contributed by atoms with Gasteiger partial charge in [0.25, 0.3) is 0 Å². The average Bonchev–Trinajstić information content (AvgIpc) is 3.15.